The summed E-state index contributed by atoms with van der Waals surface area (Å²) in [6.07, 6.45) is 0. The Bertz CT molecular complexity index is 449. The highest BCUT2D eigenvalue weighted by molar-refractivity contribution is 6.00. The first-order valence-electron chi connectivity index (χ1n) is 6.70. The Morgan fingerprint density at radius 1 is 1.35 bits per heavy atom. The van der Waals surface area contributed by atoms with Gasteiger partial charge >= 0.3 is 0 Å². The Morgan fingerprint density at radius 2 is 2.05 bits per heavy atom. The number of nitrogens with two attached hydrogens (primary N) is 1. The van der Waals surface area contributed by atoms with Crippen LogP contribution in [0.3, 0.4) is 0 Å². The molecule has 0 saturated heterocycles. The van der Waals surface area contributed by atoms with E-state index in [9.17, 15) is 0 Å². The summed E-state index contributed by atoms with van der Waals surface area (Å²) >= 11 is 0. The molecule has 0 radical (unpaired) electrons. The fourth-order valence-electron chi connectivity index (χ4n) is 2.21. The van der Waals surface area contributed by atoms with E-state index >= 15 is 0 Å². The van der Waals surface area contributed by atoms with Crippen molar-refractivity contribution >= 4 is 11.5 Å². The van der Waals surface area contributed by atoms with E-state index in [0.29, 0.717) is 13.2 Å². The van der Waals surface area contributed by atoms with Crippen LogP contribution in [0.5, 0.6) is 0 Å². The molecule has 0 aliphatic heterocycles. The second kappa shape index (κ2) is 7.87. The number of nitrogen functional groups attached to an aromatic ring is 1. The molecule has 3 N–H and O–H groups in total. The van der Waals surface area contributed by atoms with E-state index in [1.54, 1.807) is 14.2 Å². The van der Waals surface area contributed by atoms with Crippen molar-refractivity contribution in [3.05, 3.63) is 29.3 Å². The molecule has 112 valence electrons. The quantitative estimate of drug-likeness (QED) is 0.562. The lowest BCUT2D eigenvalue weighted by molar-refractivity contribution is 0.171. The third kappa shape index (κ3) is 4.21. The predicted octanol–water partition coefficient (Wildman–Crippen LogP) is 1.77. The average molecular weight is 279 g/mol. The molecule has 0 saturated carbocycles. The number of ether oxygens (including phenoxy) is 2. The first-order valence-corrected chi connectivity index (χ1v) is 6.70. The molecule has 0 aliphatic carbocycles. The van der Waals surface area contributed by atoms with Gasteiger partial charge < -0.3 is 20.1 Å². The molecule has 1 rings (SSSR count). The summed E-state index contributed by atoms with van der Waals surface area (Å²) in [5, 5.41) is 7.75. The molecule has 0 amide bonds. The maximum Gasteiger partial charge on any atom is 0.124 e. The summed E-state index contributed by atoms with van der Waals surface area (Å²) < 4.78 is 10.4. The number of nitrogens with zero attached hydrogens (tertiary/aromatic N) is 1. The number of anilines is 1. The standard InChI is InChI=1S/C15H25N3O2/c1-11-5-6-13(15(16)17)14(9-11)18(7-8-19-3)12(2)10-20-4/h5-6,9,12H,7-8,10H2,1-4H3,(H3,16,17). The number of nitrogens with one attached hydrogen (secondary N) is 1. The van der Waals surface area contributed by atoms with Gasteiger partial charge in [0.25, 0.3) is 0 Å². The molecule has 0 fully saturated rings. The Hall–Kier alpha value is -1.59. The number of benzene rings is 1. The Kier molecular flexibility index (Phi) is 6.48. The number of hydrogen-bond donors (Lipinski definition) is 2. The van der Waals surface area contributed by atoms with Crippen LogP contribution in [-0.2, 0) is 9.47 Å². The molecule has 20 heavy (non-hydrogen) atoms. The summed E-state index contributed by atoms with van der Waals surface area (Å²) in [7, 11) is 3.37. The second-order valence-corrected chi connectivity index (χ2v) is 4.92. The van der Waals surface area contributed by atoms with Gasteiger partial charge in [0.1, 0.15) is 5.84 Å². The predicted molar refractivity (Wildman–Crippen MR) is 82.8 cm³/mol. The lowest BCUT2D eigenvalue weighted by atomic mass is 10.1. The monoisotopic (exact) mass is 279 g/mol. The van der Waals surface area contributed by atoms with E-state index in [0.717, 1.165) is 23.4 Å². The fraction of sp³-hybridized carbons (Fsp3) is 0.533. The molecule has 1 aromatic carbocycles. The fourth-order valence-corrected chi connectivity index (χ4v) is 2.21. The first kappa shape index (κ1) is 16.5. The van der Waals surface area contributed by atoms with E-state index in [-0.39, 0.29) is 11.9 Å². The molecule has 0 heterocycles. The zero-order chi connectivity index (χ0) is 15.1. The molecule has 0 spiro atoms. The maximum absolute atomic E-state index is 7.75. The molecular weight excluding hydrogens is 254 g/mol. The van der Waals surface area contributed by atoms with Gasteiger partial charge in [-0.3, -0.25) is 5.41 Å². The van der Waals surface area contributed by atoms with Crippen LogP contribution in [0.25, 0.3) is 0 Å². The van der Waals surface area contributed by atoms with Gasteiger partial charge in [0.15, 0.2) is 0 Å². The number of hydrogen-bond acceptors (Lipinski definition) is 4. The van der Waals surface area contributed by atoms with Crippen molar-refractivity contribution in [3.8, 4) is 0 Å². The Balaban J connectivity index is 3.16. The van der Waals surface area contributed by atoms with Crippen molar-refractivity contribution in [1.82, 2.24) is 0 Å². The van der Waals surface area contributed by atoms with Gasteiger partial charge in [0, 0.05) is 38.1 Å². The van der Waals surface area contributed by atoms with Crippen molar-refractivity contribution in [2.75, 3.05) is 38.9 Å². The third-order valence-electron chi connectivity index (χ3n) is 3.23. The molecule has 5 nitrogen and oxygen atoms in total. The van der Waals surface area contributed by atoms with Crippen LogP contribution >= 0.6 is 0 Å². The second-order valence-electron chi connectivity index (χ2n) is 4.92. The Labute approximate surface area is 121 Å². The van der Waals surface area contributed by atoms with Crippen molar-refractivity contribution in [1.29, 1.82) is 5.41 Å². The van der Waals surface area contributed by atoms with Crippen molar-refractivity contribution in [2.24, 2.45) is 5.73 Å². The molecule has 0 aromatic heterocycles. The number of rotatable bonds is 8. The van der Waals surface area contributed by atoms with Crippen LogP contribution in [-0.4, -0.2) is 45.9 Å². The molecule has 5 heteroatoms. The smallest absolute Gasteiger partial charge is 0.124 e. The normalized spacial score (nSPS) is 12.2. The first-order chi connectivity index (χ1) is 9.51. The third-order valence-corrected chi connectivity index (χ3v) is 3.23. The van der Waals surface area contributed by atoms with Gasteiger partial charge in [-0.05, 0) is 31.5 Å². The van der Waals surface area contributed by atoms with E-state index in [1.807, 2.05) is 19.1 Å². The minimum atomic E-state index is 0.0760. The summed E-state index contributed by atoms with van der Waals surface area (Å²) in [5.41, 5.74) is 8.54. The van der Waals surface area contributed by atoms with E-state index in [2.05, 4.69) is 17.9 Å². The summed E-state index contributed by atoms with van der Waals surface area (Å²) in [5.74, 6) is 0.0760. The molecular formula is C15H25N3O2. The van der Waals surface area contributed by atoms with Crippen molar-refractivity contribution in [3.63, 3.8) is 0 Å². The zero-order valence-electron chi connectivity index (χ0n) is 12.8. The largest absolute Gasteiger partial charge is 0.384 e. The molecule has 1 aromatic rings. The number of aryl methyl sites for hydroxylation is 1. The van der Waals surface area contributed by atoms with Gasteiger partial charge in [0.2, 0.25) is 0 Å². The zero-order valence-corrected chi connectivity index (χ0v) is 12.8. The summed E-state index contributed by atoms with van der Waals surface area (Å²) in [4.78, 5) is 2.18. The van der Waals surface area contributed by atoms with Crippen LogP contribution in [0.1, 0.15) is 18.1 Å². The topological polar surface area (TPSA) is 71.6 Å². The summed E-state index contributed by atoms with van der Waals surface area (Å²) in [6, 6.07) is 6.09. The van der Waals surface area contributed by atoms with E-state index in [1.165, 1.54) is 0 Å². The van der Waals surface area contributed by atoms with Crippen molar-refractivity contribution < 1.29 is 9.47 Å². The lowest BCUT2D eigenvalue weighted by Gasteiger charge is -2.32. The summed E-state index contributed by atoms with van der Waals surface area (Å²) in [6.45, 7) is 6.06. The molecule has 0 bridgehead atoms. The highest BCUT2D eigenvalue weighted by Gasteiger charge is 2.18. The van der Waals surface area contributed by atoms with Crippen LogP contribution in [0, 0.1) is 12.3 Å². The van der Waals surface area contributed by atoms with Gasteiger partial charge in [-0.2, -0.15) is 0 Å². The minimum absolute atomic E-state index is 0.0760. The SMILES string of the molecule is COCCN(c1cc(C)ccc1C(=N)N)C(C)COC. The van der Waals surface area contributed by atoms with Crippen LogP contribution in [0.4, 0.5) is 5.69 Å². The average Bonchev–Trinajstić information content (AvgIpc) is 2.39. The lowest BCUT2D eigenvalue weighted by Crippen LogP contribution is -2.40. The van der Waals surface area contributed by atoms with Crippen LogP contribution < -0.4 is 10.6 Å². The van der Waals surface area contributed by atoms with Gasteiger partial charge in [-0.15, -0.1) is 0 Å². The van der Waals surface area contributed by atoms with Gasteiger partial charge in [-0.25, -0.2) is 0 Å². The molecule has 1 unspecified atom stereocenters. The maximum atomic E-state index is 7.75. The molecule has 0 aliphatic rings. The van der Waals surface area contributed by atoms with E-state index in [4.69, 9.17) is 20.6 Å². The molecule has 1 atom stereocenters. The number of amidine groups is 1. The van der Waals surface area contributed by atoms with Crippen LogP contribution in [0.15, 0.2) is 18.2 Å². The highest BCUT2D eigenvalue weighted by Crippen LogP contribution is 2.24. The number of methoxy groups -OCH3 is 2. The highest BCUT2D eigenvalue weighted by atomic mass is 16.5. The van der Waals surface area contributed by atoms with E-state index < -0.39 is 0 Å². The van der Waals surface area contributed by atoms with Gasteiger partial charge in [0.05, 0.1) is 13.2 Å². The van der Waals surface area contributed by atoms with Crippen molar-refractivity contribution in [2.45, 2.75) is 19.9 Å². The Morgan fingerprint density at radius 3 is 2.60 bits per heavy atom. The minimum Gasteiger partial charge on any atom is -0.384 e. The van der Waals surface area contributed by atoms with Gasteiger partial charge in [-0.1, -0.05) is 6.07 Å². The van der Waals surface area contributed by atoms with Crippen LogP contribution in [0.2, 0.25) is 0 Å².